The number of likely N-dealkylation sites (tertiary alicyclic amines) is 1. The SMILES string of the molecule is N#CC1(NC(=O)CN2CCC[C@H](C(N)=O)C2)CCCC1. The van der Waals surface area contributed by atoms with Crippen molar-refractivity contribution in [3.63, 3.8) is 0 Å². The number of piperidine rings is 1. The highest BCUT2D eigenvalue weighted by molar-refractivity contribution is 5.80. The summed E-state index contributed by atoms with van der Waals surface area (Å²) in [6.45, 7) is 1.59. The molecule has 6 nitrogen and oxygen atoms in total. The summed E-state index contributed by atoms with van der Waals surface area (Å²) in [6.07, 6.45) is 5.13. The van der Waals surface area contributed by atoms with Gasteiger partial charge < -0.3 is 11.1 Å². The van der Waals surface area contributed by atoms with Crippen molar-refractivity contribution in [2.24, 2.45) is 11.7 Å². The first-order valence-electron chi connectivity index (χ1n) is 7.29. The van der Waals surface area contributed by atoms with E-state index < -0.39 is 5.54 Å². The number of nitriles is 1. The minimum atomic E-state index is -0.671. The van der Waals surface area contributed by atoms with Gasteiger partial charge in [-0.15, -0.1) is 0 Å². The van der Waals surface area contributed by atoms with Crippen LogP contribution in [0.25, 0.3) is 0 Å². The first-order valence-corrected chi connectivity index (χ1v) is 7.29. The normalized spacial score (nSPS) is 25.9. The molecule has 1 heterocycles. The molecule has 6 heteroatoms. The molecular formula is C14H22N4O2. The fourth-order valence-electron chi connectivity index (χ4n) is 3.18. The van der Waals surface area contributed by atoms with E-state index in [9.17, 15) is 14.9 Å². The monoisotopic (exact) mass is 278 g/mol. The lowest BCUT2D eigenvalue weighted by atomic mass is 9.97. The summed E-state index contributed by atoms with van der Waals surface area (Å²) < 4.78 is 0. The van der Waals surface area contributed by atoms with Crippen LogP contribution in [-0.4, -0.2) is 41.9 Å². The third-order valence-corrected chi connectivity index (χ3v) is 4.32. The number of primary amides is 1. The van der Waals surface area contributed by atoms with Gasteiger partial charge in [-0.2, -0.15) is 5.26 Å². The van der Waals surface area contributed by atoms with E-state index in [1.165, 1.54) is 0 Å². The maximum absolute atomic E-state index is 12.1. The molecule has 20 heavy (non-hydrogen) atoms. The molecule has 0 aromatic rings. The number of amides is 2. The number of nitrogens with one attached hydrogen (secondary N) is 1. The number of hydrogen-bond donors (Lipinski definition) is 2. The molecule has 0 aromatic carbocycles. The molecule has 2 fully saturated rings. The molecule has 0 spiro atoms. The summed E-state index contributed by atoms with van der Waals surface area (Å²) in [7, 11) is 0. The zero-order valence-electron chi connectivity index (χ0n) is 11.7. The Morgan fingerprint density at radius 1 is 1.35 bits per heavy atom. The Morgan fingerprint density at radius 2 is 2.05 bits per heavy atom. The molecule has 1 atom stereocenters. The van der Waals surface area contributed by atoms with Gasteiger partial charge in [0.2, 0.25) is 11.8 Å². The number of nitrogens with two attached hydrogens (primary N) is 1. The average molecular weight is 278 g/mol. The lowest BCUT2D eigenvalue weighted by Crippen LogP contribution is -2.51. The van der Waals surface area contributed by atoms with Crippen molar-refractivity contribution >= 4 is 11.8 Å². The number of nitrogens with zero attached hydrogens (tertiary/aromatic N) is 2. The number of carbonyl (C=O) groups is 2. The molecule has 1 aliphatic heterocycles. The first kappa shape index (κ1) is 14.8. The molecule has 0 aromatic heterocycles. The van der Waals surface area contributed by atoms with Gasteiger partial charge in [0.15, 0.2) is 0 Å². The van der Waals surface area contributed by atoms with Gasteiger partial charge in [-0.1, -0.05) is 0 Å². The van der Waals surface area contributed by atoms with Crippen molar-refractivity contribution in [3.05, 3.63) is 0 Å². The molecule has 0 unspecified atom stereocenters. The van der Waals surface area contributed by atoms with Crippen LogP contribution in [-0.2, 0) is 9.59 Å². The second-order valence-electron chi connectivity index (χ2n) is 5.93. The predicted molar refractivity (Wildman–Crippen MR) is 73.3 cm³/mol. The quantitative estimate of drug-likeness (QED) is 0.763. The van der Waals surface area contributed by atoms with Gasteiger partial charge in [-0.05, 0) is 45.1 Å². The van der Waals surface area contributed by atoms with Gasteiger partial charge in [0, 0.05) is 6.54 Å². The van der Waals surface area contributed by atoms with Gasteiger partial charge in [0.1, 0.15) is 5.54 Å². The Bertz CT molecular complexity index is 423. The molecule has 2 rings (SSSR count). The van der Waals surface area contributed by atoms with Crippen molar-refractivity contribution in [3.8, 4) is 6.07 Å². The van der Waals surface area contributed by atoms with E-state index in [4.69, 9.17) is 5.73 Å². The smallest absolute Gasteiger partial charge is 0.235 e. The highest BCUT2D eigenvalue weighted by atomic mass is 16.2. The van der Waals surface area contributed by atoms with E-state index in [1.54, 1.807) is 0 Å². The average Bonchev–Trinajstić information content (AvgIpc) is 2.88. The molecule has 2 amide bonds. The van der Waals surface area contributed by atoms with E-state index >= 15 is 0 Å². The summed E-state index contributed by atoms with van der Waals surface area (Å²) in [5.74, 6) is -0.578. The molecule has 3 N–H and O–H groups in total. The standard InChI is InChI=1S/C14H22N4O2/c15-10-14(5-1-2-6-14)17-12(19)9-18-7-3-4-11(8-18)13(16)20/h11H,1-9H2,(H2,16,20)(H,17,19)/t11-/m0/s1. The van der Waals surface area contributed by atoms with Crippen LogP contribution in [0.1, 0.15) is 38.5 Å². The second kappa shape index (κ2) is 6.23. The fourth-order valence-corrected chi connectivity index (χ4v) is 3.18. The molecule has 0 bridgehead atoms. The van der Waals surface area contributed by atoms with Crippen LogP contribution in [0.15, 0.2) is 0 Å². The topological polar surface area (TPSA) is 99.2 Å². The van der Waals surface area contributed by atoms with E-state index in [0.29, 0.717) is 6.54 Å². The van der Waals surface area contributed by atoms with Crippen molar-refractivity contribution in [2.45, 2.75) is 44.1 Å². The van der Waals surface area contributed by atoms with Crippen LogP contribution in [0, 0.1) is 17.2 Å². The lowest BCUT2D eigenvalue weighted by Gasteiger charge is -2.31. The van der Waals surface area contributed by atoms with E-state index in [2.05, 4.69) is 11.4 Å². The van der Waals surface area contributed by atoms with Crippen molar-refractivity contribution < 1.29 is 9.59 Å². The van der Waals surface area contributed by atoms with Crippen molar-refractivity contribution in [1.29, 1.82) is 5.26 Å². The van der Waals surface area contributed by atoms with Crippen LogP contribution in [0.5, 0.6) is 0 Å². The van der Waals surface area contributed by atoms with Gasteiger partial charge in [-0.3, -0.25) is 14.5 Å². The van der Waals surface area contributed by atoms with Gasteiger partial charge in [0.05, 0.1) is 18.5 Å². The first-order chi connectivity index (χ1) is 9.54. The third kappa shape index (κ3) is 3.48. The maximum Gasteiger partial charge on any atom is 0.235 e. The summed E-state index contributed by atoms with van der Waals surface area (Å²) in [5, 5.41) is 12.1. The molecule has 1 saturated carbocycles. The van der Waals surface area contributed by atoms with Crippen LogP contribution < -0.4 is 11.1 Å². The zero-order valence-corrected chi connectivity index (χ0v) is 11.7. The Kier molecular flexibility index (Phi) is 4.61. The number of hydrogen-bond acceptors (Lipinski definition) is 4. The zero-order chi connectivity index (χ0) is 14.6. The molecular weight excluding hydrogens is 256 g/mol. The maximum atomic E-state index is 12.1. The van der Waals surface area contributed by atoms with Crippen LogP contribution in [0.4, 0.5) is 0 Å². The third-order valence-electron chi connectivity index (χ3n) is 4.32. The predicted octanol–water partition coefficient (Wildman–Crippen LogP) is 0.136. The fraction of sp³-hybridized carbons (Fsp3) is 0.786. The number of rotatable bonds is 4. The van der Waals surface area contributed by atoms with Gasteiger partial charge >= 0.3 is 0 Å². The Morgan fingerprint density at radius 3 is 2.65 bits per heavy atom. The lowest BCUT2D eigenvalue weighted by molar-refractivity contribution is -0.127. The highest BCUT2D eigenvalue weighted by Crippen LogP contribution is 2.28. The van der Waals surface area contributed by atoms with Crippen LogP contribution in [0.2, 0.25) is 0 Å². The summed E-state index contributed by atoms with van der Waals surface area (Å²) >= 11 is 0. The largest absolute Gasteiger partial charge is 0.369 e. The van der Waals surface area contributed by atoms with Gasteiger partial charge in [-0.25, -0.2) is 0 Å². The van der Waals surface area contributed by atoms with E-state index in [-0.39, 0.29) is 24.3 Å². The van der Waals surface area contributed by atoms with Crippen molar-refractivity contribution in [2.75, 3.05) is 19.6 Å². The Hall–Kier alpha value is -1.61. The van der Waals surface area contributed by atoms with E-state index in [1.807, 2.05) is 4.90 Å². The minimum Gasteiger partial charge on any atom is -0.369 e. The molecule has 0 radical (unpaired) electrons. The summed E-state index contributed by atoms with van der Waals surface area (Å²) in [5.41, 5.74) is 4.65. The molecule has 1 aliphatic carbocycles. The van der Waals surface area contributed by atoms with E-state index in [0.717, 1.165) is 45.1 Å². The molecule has 2 aliphatic rings. The Balaban J connectivity index is 1.85. The summed E-state index contributed by atoms with van der Waals surface area (Å²) in [6, 6.07) is 2.25. The minimum absolute atomic E-state index is 0.126. The van der Waals surface area contributed by atoms with Crippen LogP contribution >= 0.6 is 0 Å². The Labute approximate surface area is 119 Å². The second-order valence-corrected chi connectivity index (χ2v) is 5.93. The molecule has 1 saturated heterocycles. The highest BCUT2D eigenvalue weighted by Gasteiger charge is 2.36. The molecule has 110 valence electrons. The van der Waals surface area contributed by atoms with Crippen LogP contribution in [0.3, 0.4) is 0 Å². The number of carbonyl (C=O) groups excluding carboxylic acids is 2. The summed E-state index contributed by atoms with van der Waals surface area (Å²) in [4.78, 5) is 25.3. The van der Waals surface area contributed by atoms with Crippen molar-refractivity contribution in [1.82, 2.24) is 10.2 Å². The van der Waals surface area contributed by atoms with Gasteiger partial charge in [0.25, 0.3) is 0 Å².